The first kappa shape index (κ1) is 18.3. The molecular weight excluding hydrogens is 280 g/mol. The lowest BCUT2D eigenvalue weighted by molar-refractivity contribution is -0.294. The molecule has 0 aromatic heterocycles. The normalized spacial score (nSPS) is 33.0. The van der Waals surface area contributed by atoms with Gasteiger partial charge in [-0.05, 0) is 6.42 Å². The Balaban J connectivity index is 2.31. The maximum atomic E-state index is 10.9. The van der Waals surface area contributed by atoms with Crippen LogP contribution in [0.25, 0.3) is 0 Å². The number of rotatable bonds is 9. The third kappa shape index (κ3) is 5.52. The fourth-order valence-electron chi connectivity index (χ4n) is 2.27. The molecule has 1 saturated heterocycles. The monoisotopic (exact) mass is 306 g/mol. The van der Waals surface area contributed by atoms with E-state index in [1.807, 2.05) is 0 Å². The summed E-state index contributed by atoms with van der Waals surface area (Å²) in [6.07, 6.45) is -1.17. The molecule has 0 spiro atoms. The van der Waals surface area contributed by atoms with Crippen LogP contribution in [0.3, 0.4) is 0 Å². The lowest BCUT2D eigenvalue weighted by Crippen LogP contribution is -2.60. The molecule has 0 aromatic carbocycles. The topological polar surface area (TPSA) is 116 Å². The standard InChI is InChI=1S/C14H26O7/c1-2-3-4-5-6-7-8-20-14-11(17)9(15)10(16)12(21-14)13(18)19/h9-12,14-17H,2-8H2,1H3,(H,18,19)/t9?,10-,11?,12?,14+/m0/s1. The van der Waals surface area contributed by atoms with Crippen molar-refractivity contribution in [2.24, 2.45) is 0 Å². The highest BCUT2D eigenvalue weighted by atomic mass is 16.7. The van der Waals surface area contributed by atoms with E-state index in [1.165, 1.54) is 19.3 Å². The summed E-state index contributed by atoms with van der Waals surface area (Å²) >= 11 is 0. The summed E-state index contributed by atoms with van der Waals surface area (Å²) in [6.45, 7) is 2.45. The molecule has 7 heteroatoms. The molecule has 1 aliphatic rings. The van der Waals surface area contributed by atoms with Crippen LogP contribution in [0, 0.1) is 0 Å². The first-order valence-corrected chi connectivity index (χ1v) is 7.53. The maximum absolute atomic E-state index is 10.9. The second kappa shape index (κ2) is 9.32. The van der Waals surface area contributed by atoms with Crippen LogP contribution in [0.4, 0.5) is 0 Å². The van der Waals surface area contributed by atoms with Gasteiger partial charge < -0.3 is 29.9 Å². The maximum Gasteiger partial charge on any atom is 0.335 e. The number of carboxylic acids is 1. The van der Waals surface area contributed by atoms with Gasteiger partial charge in [0, 0.05) is 6.61 Å². The summed E-state index contributed by atoms with van der Waals surface area (Å²) in [6, 6.07) is 0. The van der Waals surface area contributed by atoms with Gasteiger partial charge in [-0.25, -0.2) is 4.79 Å². The van der Waals surface area contributed by atoms with E-state index in [1.54, 1.807) is 0 Å². The van der Waals surface area contributed by atoms with E-state index < -0.39 is 36.7 Å². The molecule has 1 aliphatic heterocycles. The molecule has 21 heavy (non-hydrogen) atoms. The van der Waals surface area contributed by atoms with Crippen molar-refractivity contribution in [2.45, 2.75) is 76.2 Å². The van der Waals surface area contributed by atoms with Crippen molar-refractivity contribution in [3.63, 3.8) is 0 Å². The Labute approximate surface area is 124 Å². The Morgan fingerprint density at radius 2 is 1.62 bits per heavy atom. The highest BCUT2D eigenvalue weighted by Gasteiger charge is 2.47. The van der Waals surface area contributed by atoms with E-state index in [4.69, 9.17) is 14.6 Å². The third-order valence-corrected chi connectivity index (χ3v) is 3.59. The van der Waals surface area contributed by atoms with Gasteiger partial charge in [-0.1, -0.05) is 39.0 Å². The van der Waals surface area contributed by atoms with E-state index in [0.29, 0.717) is 6.61 Å². The third-order valence-electron chi connectivity index (χ3n) is 3.59. The molecule has 0 saturated carbocycles. The molecule has 0 radical (unpaired) electrons. The van der Waals surface area contributed by atoms with Crippen LogP contribution in [0.15, 0.2) is 0 Å². The summed E-state index contributed by atoms with van der Waals surface area (Å²) < 4.78 is 10.3. The molecule has 4 N–H and O–H groups in total. The molecule has 1 fully saturated rings. The number of aliphatic carboxylic acids is 1. The van der Waals surface area contributed by atoms with E-state index in [2.05, 4.69) is 6.92 Å². The zero-order chi connectivity index (χ0) is 15.8. The van der Waals surface area contributed by atoms with Crippen molar-refractivity contribution in [2.75, 3.05) is 6.61 Å². The molecule has 1 rings (SSSR count). The number of carbonyl (C=O) groups is 1. The molecule has 5 atom stereocenters. The van der Waals surface area contributed by atoms with Crippen molar-refractivity contribution < 1.29 is 34.7 Å². The first-order chi connectivity index (χ1) is 9.99. The fourth-order valence-corrected chi connectivity index (χ4v) is 2.27. The van der Waals surface area contributed by atoms with Gasteiger partial charge in [-0.15, -0.1) is 0 Å². The predicted octanol–water partition coefficient (Wildman–Crippen LogP) is 0.256. The lowest BCUT2D eigenvalue weighted by atomic mass is 9.99. The number of aliphatic hydroxyl groups is 3. The number of hydrogen-bond acceptors (Lipinski definition) is 6. The van der Waals surface area contributed by atoms with Gasteiger partial charge in [0.05, 0.1) is 0 Å². The second-order valence-corrected chi connectivity index (χ2v) is 5.37. The van der Waals surface area contributed by atoms with Crippen LogP contribution >= 0.6 is 0 Å². The van der Waals surface area contributed by atoms with Gasteiger partial charge in [-0.3, -0.25) is 0 Å². The minimum Gasteiger partial charge on any atom is -0.479 e. The summed E-state index contributed by atoms with van der Waals surface area (Å²) in [7, 11) is 0. The lowest BCUT2D eigenvalue weighted by Gasteiger charge is -2.38. The van der Waals surface area contributed by atoms with Crippen molar-refractivity contribution >= 4 is 5.97 Å². The number of aliphatic hydroxyl groups excluding tert-OH is 3. The summed E-state index contributed by atoms with van der Waals surface area (Å²) in [4.78, 5) is 10.9. The Morgan fingerprint density at radius 1 is 1.00 bits per heavy atom. The highest BCUT2D eigenvalue weighted by molar-refractivity contribution is 5.73. The van der Waals surface area contributed by atoms with Crippen LogP contribution < -0.4 is 0 Å². The molecule has 3 unspecified atom stereocenters. The molecule has 0 amide bonds. The number of hydrogen-bond donors (Lipinski definition) is 4. The highest BCUT2D eigenvalue weighted by Crippen LogP contribution is 2.22. The molecule has 1 heterocycles. The van der Waals surface area contributed by atoms with E-state index >= 15 is 0 Å². The summed E-state index contributed by atoms with van der Waals surface area (Å²) in [5.41, 5.74) is 0. The van der Waals surface area contributed by atoms with Gasteiger partial charge in [0.15, 0.2) is 12.4 Å². The van der Waals surface area contributed by atoms with E-state index in [-0.39, 0.29) is 0 Å². The minimum absolute atomic E-state index is 0.309. The average Bonchev–Trinajstić information content (AvgIpc) is 2.45. The Bertz CT molecular complexity index is 310. The fraction of sp³-hybridized carbons (Fsp3) is 0.929. The second-order valence-electron chi connectivity index (χ2n) is 5.37. The quantitative estimate of drug-likeness (QED) is 0.451. The van der Waals surface area contributed by atoms with Gasteiger partial charge in [0.1, 0.15) is 18.3 Å². The Morgan fingerprint density at radius 3 is 2.24 bits per heavy atom. The Hall–Kier alpha value is -0.730. The first-order valence-electron chi connectivity index (χ1n) is 7.53. The van der Waals surface area contributed by atoms with Crippen molar-refractivity contribution in [3.05, 3.63) is 0 Å². The van der Waals surface area contributed by atoms with Crippen molar-refractivity contribution in [1.29, 1.82) is 0 Å². The smallest absolute Gasteiger partial charge is 0.335 e. The Kier molecular flexibility index (Phi) is 8.13. The number of carboxylic acid groups (broad SMARTS) is 1. The van der Waals surface area contributed by atoms with Gasteiger partial charge in [0.25, 0.3) is 0 Å². The van der Waals surface area contributed by atoms with Crippen molar-refractivity contribution in [3.8, 4) is 0 Å². The van der Waals surface area contributed by atoms with Crippen LogP contribution in [0.5, 0.6) is 0 Å². The van der Waals surface area contributed by atoms with Gasteiger partial charge in [0.2, 0.25) is 0 Å². The SMILES string of the molecule is CCCCCCCCO[C@@H]1OC(C(=O)O)[C@@H](O)C(O)C1O. The van der Waals surface area contributed by atoms with Gasteiger partial charge in [-0.2, -0.15) is 0 Å². The molecule has 0 aromatic rings. The zero-order valence-electron chi connectivity index (χ0n) is 12.4. The molecule has 124 valence electrons. The van der Waals surface area contributed by atoms with Gasteiger partial charge >= 0.3 is 5.97 Å². The van der Waals surface area contributed by atoms with Crippen molar-refractivity contribution in [1.82, 2.24) is 0 Å². The van der Waals surface area contributed by atoms with Crippen LogP contribution in [0.1, 0.15) is 45.4 Å². The predicted molar refractivity (Wildman–Crippen MR) is 73.6 cm³/mol. The zero-order valence-corrected chi connectivity index (χ0v) is 12.4. The largest absolute Gasteiger partial charge is 0.479 e. The average molecular weight is 306 g/mol. The van der Waals surface area contributed by atoms with E-state index in [9.17, 15) is 20.1 Å². The number of ether oxygens (including phenoxy) is 2. The molecule has 0 bridgehead atoms. The molecule has 7 nitrogen and oxygen atoms in total. The van der Waals surface area contributed by atoms with E-state index in [0.717, 1.165) is 19.3 Å². The summed E-state index contributed by atoms with van der Waals surface area (Å²) in [5, 5.41) is 37.7. The molecular formula is C14H26O7. The van der Waals surface area contributed by atoms with Crippen LogP contribution in [0.2, 0.25) is 0 Å². The summed E-state index contributed by atoms with van der Waals surface area (Å²) in [5.74, 6) is -1.40. The van der Waals surface area contributed by atoms with Crippen LogP contribution in [-0.4, -0.2) is 63.7 Å². The molecule has 0 aliphatic carbocycles. The number of unbranched alkanes of at least 4 members (excludes halogenated alkanes) is 5. The van der Waals surface area contributed by atoms with Crippen LogP contribution in [-0.2, 0) is 14.3 Å². The minimum atomic E-state index is -1.67.